The Balaban J connectivity index is 1.70. The highest BCUT2D eigenvalue weighted by Gasteiger charge is 2.27. The third-order valence-electron chi connectivity index (χ3n) is 4.15. The molecule has 5 nitrogen and oxygen atoms in total. The molecule has 0 bridgehead atoms. The summed E-state index contributed by atoms with van der Waals surface area (Å²) >= 11 is 1.77. The molecule has 1 heterocycles. The standard InChI is InChI=1S/C15H29N3O2S/c1-12(21-3)8-16-15(19)18-6-7-20-14(11-18)10-17(2)9-13-4-5-13/h12-14H,4-11H2,1-3H3,(H,16,19)/t12-,14+/m1/s1. The van der Waals surface area contributed by atoms with E-state index in [1.807, 2.05) is 4.90 Å². The molecule has 1 N–H and O–H groups in total. The maximum Gasteiger partial charge on any atom is 0.317 e. The van der Waals surface area contributed by atoms with Gasteiger partial charge in [0.25, 0.3) is 0 Å². The minimum Gasteiger partial charge on any atom is -0.373 e. The van der Waals surface area contributed by atoms with Crippen LogP contribution >= 0.6 is 11.8 Å². The lowest BCUT2D eigenvalue weighted by Gasteiger charge is -2.35. The van der Waals surface area contributed by atoms with Crippen molar-refractivity contribution in [1.29, 1.82) is 0 Å². The molecule has 6 heteroatoms. The number of urea groups is 1. The Morgan fingerprint density at radius 2 is 2.24 bits per heavy atom. The van der Waals surface area contributed by atoms with E-state index in [-0.39, 0.29) is 12.1 Å². The molecule has 122 valence electrons. The fourth-order valence-electron chi connectivity index (χ4n) is 2.60. The van der Waals surface area contributed by atoms with Gasteiger partial charge in [0.2, 0.25) is 0 Å². The van der Waals surface area contributed by atoms with Gasteiger partial charge in [-0.25, -0.2) is 4.79 Å². The van der Waals surface area contributed by atoms with Crippen molar-refractivity contribution in [3.8, 4) is 0 Å². The molecule has 21 heavy (non-hydrogen) atoms. The summed E-state index contributed by atoms with van der Waals surface area (Å²) in [6, 6.07) is 0.0500. The van der Waals surface area contributed by atoms with E-state index >= 15 is 0 Å². The molecular weight excluding hydrogens is 286 g/mol. The number of amides is 2. The number of nitrogens with one attached hydrogen (secondary N) is 1. The first-order valence-electron chi connectivity index (χ1n) is 7.94. The van der Waals surface area contributed by atoms with Crippen molar-refractivity contribution in [2.45, 2.75) is 31.1 Å². The van der Waals surface area contributed by atoms with Crippen LogP contribution in [0.2, 0.25) is 0 Å². The molecule has 0 aromatic heterocycles. The molecule has 1 aliphatic carbocycles. The number of hydrogen-bond acceptors (Lipinski definition) is 4. The minimum absolute atomic E-state index is 0.0500. The molecule has 2 rings (SSSR count). The number of nitrogens with zero attached hydrogens (tertiary/aromatic N) is 2. The van der Waals surface area contributed by atoms with Gasteiger partial charge in [0.15, 0.2) is 0 Å². The summed E-state index contributed by atoms with van der Waals surface area (Å²) in [4.78, 5) is 16.4. The van der Waals surface area contributed by atoms with Gasteiger partial charge in [-0.1, -0.05) is 6.92 Å². The predicted octanol–water partition coefficient (Wildman–Crippen LogP) is 1.49. The van der Waals surface area contributed by atoms with Crippen LogP contribution in [0.25, 0.3) is 0 Å². The van der Waals surface area contributed by atoms with E-state index in [4.69, 9.17) is 4.74 Å². The van der Waals surface area contributed by atoms with Gasteiger partial charge in [-0.2, -0.15) is 11.8 Å². The van der Waals surface area contributed by atoms with Gasteiger partial charge in [0.1, 0.15) is 0 Å². The molecule has 0 aromatic rings. The maximum absolute atomic E-state index is 12.2. The maximum atomic E-state index is 12.2. The number of carbonyl (C=O) groups excluding carboxylic acids is 1. The molecular formula is C15H29N3O2S. The van der Waals surface area contributed by atoms with Crippen molar-refractivity contribution in [2.24, 2.45) is 5.92 Å². The summed E-state index contributed by atoms with van der Waals surface area (Å²) in [6.45, 7) is 6.98. The molecule has 0 spiro atoms. The molecule has 2 amide bonds. The average molecular weight is 315 g/mol. The summed E-state index contributed by atoms with van der Waals surface area (Å²) in [5.41, 5.74) is 0. The lowest BCUT2D eigenvalue weighted by Crippen LogP contribution is -2.52. The minimum atomic E-state index is 0.0500. The normalized spacial score (nSPS) is 24.2. The van der Waals surface area contributed by atoms with Crippen LogP contribution in [0, 0.1) is 5.92 Å². The topological polar surface area (TPSA) is 44.8 Å². The third-order valence-corrected chi connectivity index (χ3v) is 5.12. The van der Waals surface area contributed by atoms with Crippen LogP contribution in [-0.2, 0) is 4.74 Å². The SMILES string of the molecule is CS[C@H](C)CNC(=O)N1CCO[C@@H](CN(C)CC2CC2)C1. The number of likely N-dealkylation sites (N-methyl/N-ethyl adjacent to an activating group) is 1. The van der Waals surface area contributed by atoms with E-state index in [0.717, 1.165) is 25.6 Å². The smallest absolute Gasteiger partial charge is 0.317 e. The van der Waals surface area contributed by atoms with Gasteiger partial charge in [-0.15, -0.1) is 0 Å². The number of ether oxygens (including phenoxy) is 1. The van der Waals surface area contributed by atoms with Crippen LogP contribution in [0.3, 0.4) is 0 Å². The van der Waals surface area contributed by atoms with Crippen molar-refractivity contribution in [1.82, 2.24) is 15.1 Å². The zero-order valence-corrected chi connectivity index (χ0v) is 14.3. The fourth-order valence-corrected chi connectivity index (χ4v) is 2.85. The highest BCUT2D eigenvalue weighted by Crippen LogP contribution is 2.29. The molecule has 1 saturated heterocycles. The lowest BCUT2D eigenvalue weighted by atomic mass is 10.2. The van der Waals surface area contributed by atoms with Crippen molar-refractivity contribution in [2.75, 3.05) is 52.6 Å². The molecule has 0 unspecified atom stereocenters. The average Bonchev–Trinajstić information content (AvgIpc) is 3.28. The van der Waals surface area contributed by atoms with E-state index in [0.29, 0.717) is 24.9 Å². The lowest BCUT2D eigenvalue weighted by molar-refractivity contribution is -0.0277. The van der Waals surface area contributed by atoms with Crippen molar-refractivity contribution in [3.63, 3.8) is 0 Å². The summed E-state index contributed by atoms with van der Waals surface area (Å²) in [5, 5.41) is 3.47. The highest BCUT2D eigenvalue weighted by atomic mass is 32.2. The summed E-state index contributed by atoms with van der Waals surface area (Å²) in [5.74, 6) is 0.894. The van der Waals surface area contributed by atoms with E-state index in [1.54, 1.807) is 11.8 Å². The number of rotatable bonds is 7. The van der Waals surface area contributed by atoms with Gasteiger partial charge in [-0.05, 0) is 32.1 Å². The van der Waals surface area contributed by atoms with E-state index in [9.17, 15) is 4.79 Å². The van der Waals surface area contributed by atoms with E-state index in [2.05, 4.69) is 30.4 Å². The van der Waals surface area contributed by atoms with Crippen LogP contribution < -0.4 is 5.32 Å². The molecule has 1 aliphatic heterocycles. The first-order chi connectivity index (χ1) is 10.1. The summed E-state index contributed by atoms with van der Waals surface area (Å²) in [7, 11) is 2.15. The molecule has 0 radical (unpaired) electrons. The number of morpholine rings is 1. The Kier molecular flexibility index (Phi) is 6.64. The molecule has 2 aliphatic rings. The zero-order chi connectivity index (χ0) is 15.2. The Bertz CT molecular complexity index is 339. The summed E-state index contributed by atoms with van der Waals surface area (Å²) < 4.78 is 5.81. The quantitative estimate of drug-likeness (QED) is 0.773. The number of thioether (sulfide) groups is 1. The first-order valence-corrected chi connectivity index (χ1v) is 9.23. The number of carbonyl (C=O) groups is 1. The van der Waals surface area contributed by atoms with Gasteiger partial charge in [0.05, 0.1) is 12.7 Å². The van der Waals surface area contributed by atoms with Crippen LogP contribution in [0.4, 0.5) is 4.79 Å². The van der Waals surface area contributed by atoms with E-state index in [1.165, 1.54) is 12.8 Å². The molecule has 0 aromatic carbocycles. The van der Waals surface area contributed by atoms with Gasteiger partial charge < -0.3 is 19.9 Å². The molecule has 2 atom stereocenters. The second-order valence-electron chi connectivity index (χ2n) is 6.34. The molecule has 2 fully saturated rings. The Morgan fingerprint density at radius 1 is 1.48 bits per heavy atom. The summed E-state index contributed by atoms with van der Waals surface area (Å²) in [6.07, 6.45) is 4.96. The van der Waals surface area contributed by atoms with Crippen LogP contribution in [0.1, 0.15) is 19.8 Å². The van der Waals surface area contributed by atoms with Crippen LogP contribution in [0.5, 0.6) is 0 Å². The number of hydrogen-bond donors (Lipinski definition) is 1. The highest BCUT2D eigenvalue weighted by molar-refractivity contribution is 7.99. The van der Waals surface area contributed by atoms with Gasteiger partial charge in [0, 0.05) is 38.0 Å². The van der Waals surface area contributed by atoms with E-state index < -0.39 is 0 Å². The largest absolute Gasteiger partial charge is 0.373 e. The van der Waals surface area contributed by atoms with Crippen LogP contribution in [0.15, 0.2) is 0 Å². The predicted molar refractivity (Wildman–Crippen MR) is 87.9 cm³/mol. The second-order valence-corrected chi connectivity index (χ2v) is 7.61. The molecule has 1 saturated carbocycles. The fraction of sp³-hybridized carbons (Fsp3) is 0.933. The Hall–Kier alpha value is -0.460. The van der Waals surface area contributed by atoms with Gasteiger partial charge >= 0.3 is 6.03 Å². The van der Waals surface area contributed by atoms with Crippen LogP contribution in [-0.4, -0.2) is 79.8 Å². The first kappa shape index (κ1) is 16.9. The van der Waals surface area contributed by atoms with Crippen molar-refractivity contribution in [3.05, 3.63) is 0 Å². The second kappa shape index (κ2) is 8.25. The van der Waals surface area contributed by atoms with Gasteiger partial charge in [-0.3, -0.25) is 0 Å². The monoisotopic (exact) mass is 315 g/mol. The Labute approximate surface area is 132 Å². The third kappa shape index (κ3) is 6.04. The van der Waals surface area contributed by atoms with Crippen molar-refractivity contribution >= 4 is 17.8 Å². The van der Waals surface area contributed by atoms with Crippen molar-refractivity contribution < 1.29 is 9.53 Å². The Morgan fingerprint density at radius 3 is 2.90 bits per heavy atom. The zero-order valence-electron chi connectivity index (χ0n) is 13.5.